The van der Waals surface area contributed by atoms with Gasteiger partial charge >= 0.3 is 0 Å². The highest BCUT2D eigenvalue weighted by atomic mass is 79.9. The minimum atomic E-state index is -0.421. The summed E-state index contributed by atoms with van der Waals surface area (Å²) in [5, 5.41) is 0. The van der Waals surface area contributed by atoms with Crippen molar-refractivity contribution in [3.63, 3.8) is 0 Å². The molecule has 2 aromatic carbocycles. The maximum atomic E-state index is 11.3. The van der Waals surface area contributed by atoms with Gasteiger partial charge in [0.1, 0.15) is 0 Å². The molecule has 0 aliphatic rings. The largest absolute Gasteiger partial charge is 0.366 e. The van der Waals surface area contributed by atoms with E-state index in [1.165, 1.54) is 0 Å². The lowest BCUT2D eigenvalue weighted by Gasteiger charge is -2.02. The van der Waals surface area contributed by atoms with Gasteiger partial charge in [-0.25, -0.2) is 0 Å². The SMILES string of the molecule is NC(=O)c1ccc(Br)cc1/C=C/c1ccccc1. The number of halogens is 1. The third-order valence-corrected chi connectivity index (χ3v) is 3.03. The first-order chi connectivity index (χ1) is 8.66. The van der Waals surface area contributed by atoms with E-state index in [9.17, 15) is 4.79 Å². The van der Waals surface area contributed by atoms with Gasteiger partial charge in [-0.3, -0.25) is 4.79 Å². The van der Waals surface area contributed by atoms with Crippen LogP contribution in [0, 0.1) is 0 Å². The average molecular weight is 302 g/mol. The average Bonchev–Trinajstić information content (AvgIpc) is 2.37. The van der Waals surface area contributed by atoms with Gasteiger partial charge < -0.3 is 5.73 Å². The second kappa shape index (κ2) is 5.65. The second-order valence-corrected chi connectivity index (χ2v) is 4.76. The van der Waals surface area contributed by atoms with Crippen LogP contribution >= 0.6 is 15.9 Å². The van der Waals surface area contributed by atoms with E-state index in [0.29, 0.717) is 5.56 Å². The summed E-state index contributed by atoms with van der Waals surface area (Å²) in [6.45, 7) is 0. The molecule has 2 rings (SSSR count). The lowest BCUT2D eigenvalue weighted by molar-refractivity contribution is 0.1000. The number of benzene rings is 2. The number of nitrogens with two attached hydrogens (primary N) is 1. The van der Waals surface area contributed by atoms with Crippen molar-refractivity contribution in [3.8, 4) is 0 Å². The standard InChI is InChI=1S/C15H12BrNO/c16-13-8-9-14(15(17)18)12(10-13)7-6-11-4-2-1-3-5-11/h1-10H,(H2,17,18)/b7-6+. The van der Waals surface area contributed by atoms with Crippen molar-refractivity contribution < 1.29 is 4.79 Å². The molecule has 0 bridgehead atoms. The Bertz CT molecular complexity index is 591. The molecule has 0 aliphatic carbocycles. The molecular weight excluding hydrogens is 290 g/mol. The molecule has 0 unspecified atom stereocenters. The Kier molecular flexibility index (Phi) is 3.95. The third kappa shape index (κ3) is 3.08. The van der Waals surface area contributed by atoms with Crippen molar-refractivity contribution in [2.45, 2.75) is 0 Å². The van der Waals surface area contributed by atoms with Crippen molar-refractivity contribution in [2.75, 3.05) is 0 Å². The summed E-state index contributed by atoms with van der Waals surface area (Å²) in [4.78, 5) is 11.3. The first kappa shape index (κ1) is 12.6. The smallest absolute Gasteiger partial charge is 0.249 e. The molecule has 0 aromatic heterocycles. The van der Waals surface area contributed by atoms with E-state index in [1.54, 1.807) is 12.1 Å². The van der Waals surface area contributed by atoms with Gasteiger partial charge in [0.05, 0.1) is 0 Å². The molecule has 0 atom stereocenters. The molecule has 3 heteroatoms. The molecule has 2 aromatic rings. The molecule has 2 nitrogen and oxygen atoms in total. The van der Waals surface area contributed by atoms with Gasteiger partial charge in [0.15, 0.2) is 0 Å². The number of hydrogen-bond acceptors (Lipinski definition) is 1. The Morgan fingerprint density at radius 2 is 1.78 bits per heavy atom. The van der Waals surface area contributed by atoms with Crippen LogP contribution in [0.1, 0.15) is 21.5 Å². The molecule has 0 fully saturated rings. The zero-order valence-corrected chi connectivity index (χ0v) is 11.2. The highest BCUT2D eigenvalue weighted by Gasteiger charge is 2.05. The fourth-order valence-electron chi connectivity index (χ4n) is 1.65. The van der Waals surface area contributed by atoms with Crippen LogP contribution < -0.4 is 5.73 Å². The molecule has 0 saturated carbocycles. The van der Waals surface area contributed by atoms with E-state index in [4.69, 9.17) is 5.73 Å². The maximum Gasteiger partial charge on any atom is 0.249 e. The lowest BCUT2D eigenvalue weighted by atomic mass is 10.1. The molecular formula is C15H12BrNO. The van der Waals surface area contributed by atoms with E-state index in [1.807, 2.05) is 48.6 Å². The van der Waals surface area contributed by atoms with Crippen molar-refractivity contribution in [2.24, 2.45) is 5.73 Å². The molecule has 18 heavy (non-hydrogen) atoms. The fourth-order valence-corrected chi connectivity index (χ4v) is 2.02. The summed E-state index contributed by atoms with van der Waals surface area (Å²) in [6, 6.07) is 15.3. The number of carbonyl (C=O) groups excluding carboxylic acids is 1. The summed E-state index contributed by atoms with van der Waals surface area (Å²) < 4.78 is 0.917. The molecule has 0 radical (unpaired) electrons. The minimum Gasteiger partial charge on any atom is -0.366 e. The van der Waals surface area contributed by atoms with Crippen LogP contribution in [0.25, 0.3) is 12.2 Å². The predicted molar refractivity (Wildman–Crippen MR) is 78.0 cm³/mol. The Morgan fingerprint density at radius 3 is 2.44 bits per heavy atom. The first-order valence-corrected chi connectivity index (χ1v) is 6.28. The molecule has 2 N–H and O–H groups in total. The van der Waals surface area contributed by atoms with Crippen LogP contribution in [0.2, 0.25) is 0 Å². The van der Waals surface area contributed by atoms with Crippen LogP contribution in [0.5, 0.6) is 0 Å². The van der Waals surface area contributed by atoms with Crippen molar-refractivity contribution in [3.05, 3.63) is 69.7 Å². The Balaban J connectivity index is 2.36. The Morgan fingerprint density at radius 1 is 1.06 bits per heavy atom. The number of primary amides is 1. The lowest BCUT2D eigenvalue weighted by Crippen LogP contribution is -2.12. The normalized spacial score (nSPS) is 10.7. The van der Waals surface area contributed by atoms with E-state index in [0.717, 1.165) is 15.6 Å². The van der Waals surface area contributed by atoms with E-state index < -0.39 is 5.91 Å². The zero-order chi connectivity index (χ0) is 13.0. The molecule has 1 amide bonds. The van der Waals surface area contributed by atoms with Crippen LogP contribution in [0.3, 0.4) is 0 Å². The number of rotatable bonds is 3. The highest BCUT2D eigenvalue weighted by Crippen LogP contribution is 2.19. The van der Waals surface area contributed by atoms with Gasteiger partial charge in [-0.05, 0) is 29.3 Å². The van der Waals surface area contributed by atoms with Gasteiger partial charge in [0, 0.05) is 10.0 Å². The van der Waals surface area contributed by atoms with E-state index >= 15 is 0 Å². The monoisotopic (exact) mass is 301 g/mol. The van der Waals surface area contributed by atoms with Gasteiger partial charge in [-0.15, -0.1) is 0 Å². The summed E-state index contributed by atoms with van der Waals surface area (Å²) in [5.41, 5.74) is 7.75. The van der Waals surface area contributed by atoms with E-state index in [-0.39, 0.29) is 0 Å². The topological polar surface area (TPSA) is 43.1 Å². The number of carbonyl (C=O) groups is 1. The van der Waals surface area contributed by atoms with E-state index in [2.05, 4.69) is 15.9 Å². The van der Waals surface area contributed by atoms with Crippen LogP contribution in [-0.4, -0.2) is 5.91 Å². The molecule has 0 heterocycles. The Hall–Kier alpha value is -1.87. The quantitative estimate of drug-likeness (QED) is 0.863. The van der Waals surface area contributed by atoms with Crippen molar-refractivity contribution in [1.82, 2.24) is 0 Å². The molecule has 90 valence electrons. The van der Waals surface area contributed by atoms with Crippen molar-refractivity contribution in [1.29, 1.82) is 0 Å². The van der Waals surface area contributed by atoms with Crippen LogP contribution in [0.15, 0.2) is 53.0 Å². The number of amides is 1. The van der Waals surface area contributed by atoms with Crippen LogP contribution in [-0.2, 0) is 0 Å². The maximum absolute atomic E-state index is 11.3. The summed E-state index contributed by atoms with van der Waals surface area (Å²) in [7, 11) is 0. The minimum absolute atomic E-state index is 0.421. The van der Waals surface area contributed by atoms with Gasteiger partial charge in [0.2, 0.25) is 5.91 Å². The summed E-state index contributed by atoms with van der Waals surface area (Å²) in [5.74, 6) is -0.421. The third-order valence-electron chi connectivity index (χ3n) is 2.53. The molecule has 0 saturated heterocycles. The van der Waals surface area contributed by atoms with Gasteiger partial charge in [0.25, 0.3) is 0 Å². The highest BCUT2D eigenvalue weighted by molar-refractivity contribution is 9.10. The second-order valence-electron chi connectivity index (χ2n) is 3.84. The summed E-state index contributed by atoms with van der Waals surface area (Å²) >= 11 is 3.39. The fraction of sp³-hybridized carbons (Fsp3) is 0. The molecule has 0 spiro atoms. The Labute approximate surface area is 114 Å². The van der Waals surface area contributed by atoms with Crippen LogP contribution in [0.4, 0.5) is 0 Å². The predicted octanol–water partition coefficient (Wildman–Crippen LogP) is 3.72. The zero-order valence-electron chi connectivity index (χ0n) is 9.64. The number of hydrogen-bond donors (Lipinski definition) is 1. The first-order valence-electron chi connectivity index (χ1n) is 5.49. The van der Waals surface area contributed by atoms with Gasteiger partial charge in [-0.1, -0.05) is 58.4 Å². The molecule has 0 aliphatic heterocycles. The van der Waals surface area contributed by atoms with Gasteiger partial charge in [-0.2, -0.15) is 0 Å². The summed E-state index contributed by atoms with van der Waals surface area (Å²) in [6.07, 6.45) is 3.84. The van der Waals surface area contributed by atoms with Crippen molar-refractivity contribution >= 4 is 34.0 Å².